The fourth-order valence-corrected chi connectivity index (χ4v) is 1.25. The fraction of sp³-hybridized carbons (Fsp3) is 0.273. The van der Waals surface area contributed by atoms with E-state index < -0.39 is 36.1 Å². The van der Waals surface area contributed by atoms with Gasteiger partial charge in [-0.15, -0.1) is 0 Å². The van der Waals surface area contributed by atoms with E-state index in [0.29, 0.717) is 0 Å². The Labute approximate surface area is 102 Å². The van der Waals surface area contributed by atoms with Crippen LogP contribution in [0.25, 0.3) is 0 Å². The van der Waals surface area contributed by atoms with Gasteiger partial charge in [0, 0.05) is 0 Å². The number of hydrogen-bond acceptors (Lipinski definition) is 5. The third-order valence-corrected chi connectivity index (χ3v) is 2.18. The highest BCUT2D eigenvalue weighted by atomic mass is 19.1. The van der Waals surface area contributed by atoms with Crippen molar-refractivity contribution in [3.63, 3.8) is 0 Å². The monoisotopic (exact) mass is 257 g/mol. The minimum absolute atomic E-state index is 0.336. The van der Waals surface area contributed by atoms with E-state index in [0.717, 1.165) is 25.3 Å². The molecule has 0 bridgehead atoms. The number of aliphatic hydroxyl groups excluding tert-OH is 1. The molecule has 0 saturated heterocycles. The van der Waals surface area contributed by atoms with E-state index in [1.165, 1.54) is 0 Å². The topological polar surface area (TPSA) is 95.9 Å². The average molecular weight is 257 g/mol. The Morgan fingerprint density at radius 3 is 2.72 bits per heavy atom. The number of amides is 1. The van der Waals surface area contributed by atoms with Gasteiger partial charge in [-0.25, -0.2) is 9.18 Å². The number of carbonyl (C=O) groups is 2. The van der Waals surface area contributed by atoms with Crippen LogP contribution in [0.5, 0.6) is 5.75 Å². The Kier molecular flexibility index (Phi) is 4.61. The lowest BCUT2D eigenvalue weighted by molar-refractivity contribution is -0.143. The molecule has 1 rings (SSSR count). The van der Waals surface area contributed by atoms with Crippen LogP contribution in [0, 0.1) is 5.82 Å². The van der Waals surface area contributed by atoms with Crippen LogP contribution in [0.15, 0.2) is 18.2 Å². The zero-order valence-corrected chi connectivity index (χ0v) is 9.51. The van der Waals surface area contributed by atoms with E-state index in [-0.39, 0.29) is 5.56 Å². The van der Waals surface area contributed by atoms with Gasteiger partial charge in [0.2, 0.25) is 0 Å². The van der Waals surface area contributed by atoms with Crippen LogP contribution in [0.1, 0.15) is 10.4 Å². The molecular formula is C11H12FNO5. The van der Waals surface area contributed by atoms with Crippen molar-refractivity contribution in [1.29, 1.82) is 0 Å². The van der Waals surface area contributed by atoms with Crippen LogP contribution in [-0.4, -0.2) is 41.8 Å². The summed E-state index contributed by atoms with van der Waals surface area (Å²) in [7, 11) is 1.09. The third-order valence-electron chi connectivity index (χ3n) is 2.18. The molecule has 0 spiro atoms. The number of hydrogen-bond donors (Lipinski definition) is 3. The van der Waals surface area contributed by atoms with E-state index in [1.807, 2.05) is 0 Å². The molecule has 0 aliphatic heterocycles. The SMILES string of the molecule is COC(=O)C(CO)NC(=O)c1cc(F)ccc1O. The molecule has 0 saturated carbocycles. The quantitative estimate of drug-likeness (QED) is 0.649. The van der Waals surface area contributed by atoms with Gasteiger partial charge in [0.25, 0.3) is 5.91 Å². The summed E-state index contributed by atoms with van der Waals surface area (Å²) in [5.41, 5.74) is -0.336. The van der Waals surface area contributed by atoms with Crippen LogP contribution in [0.4, 0.5) is 4.39 Å². The number of ether oxygens (including phenoxy) is 1. The van der Waals surface area contributed by atoms with Crippen LogP contribution in [-0.2, 0) is 9.53 Å². The molecule has 0 aliphatic rings. The molecule has 1 aromatic rings. The number of esters is 1. The van der Waals surface area contributed by atoms with Crippen molar-refractivity contribution in [3.8, 4) is 5.75 Å². The van der Waals surface area contributed by atoms with Crippen molar-refractivity contribution in [1.82, 2.24) is 5.32 Å². The van der Waals surface area contributed by atoms with Crippen molar-refractivity contribution in [2.75, 3.05) is 13.7 Å². The van der Waals surface area contributed by atoms with Crippen LogP contribution in [0.3, 0.4) is 0 Å². The Hall–Kier alpha value is -2.15. The van der Waals surface area contributed by atoms with Gasteiger partial charge < -0.3 is 20.3 Å². The second kappa shape index (κ2) is 5.97. The van der Waals surface area contributed by atoms with Crippen molar-refractivity contribution in [3.05, 3.63) is 29.6 Å². The number of phenolic OH excluding ortho intramolecular Hbond substituents is 1. The first-order valence-corrected chi connectivity index (χ1v) is 4.97. The maximum absolute atomic E-state index is 12.9. The first-order valence-electron chi connectivity index (χ1n) is 4.97. The van der Waals surface area contributed by atoms with Gasteiger partial charge in [-0.3, -0.25) is 4.79 Å². The summed E-state index contributed by atoms with van der Waals surface area (Å²) in [6.45, 7) is -0.672. The zero-order valence-electron chi connectivity index (χ0n) is 9.51. The number of benzene rings is 1. The predicted octanol–water partition coefficient (Wildman–Crippen LogP) is -0.205. The maximum Gasteiger partial charge on any atom is 0.330 e. The highest BCUT2D eigenvalue weighted by Gasteiger charge is 2.22. The van der Waals surface area contributed by atoms with Crippen molar-refractivity contribution >= 4 is 11.9 Å². The molecule has 1 atom stereocenters. The molecule has 0 fully saturated rings. The molecule has 98 valence electrons. The number of aliphatic hydroxyl groups is 1. The summed E-state index contributed by atoms with van der Waals surface area (Å²) < 4.78 is 17.3. The van der Waals surface area contributed by atoms with Crippen LogP contribution < -0.4 is 5.32 Å². The maximum atomic E-state index is 12.9. The van der Waals surface area contributed by atoms with E-state index in [4.69, 9.17) is 5.11 Å². The summed E-state index contributed by atoms with van der Waals surface area (Å²) in [4.78, 5) is 22.8. The van der Waals surface area contributed by atoms with Crippen molar-refractivity contribution in [2.45, 2.75) is 6.04 Å². The normalized spacial score (nSPS) is 11.7. The molecule has 0 radical (unpaired) electrons. The van der Waals surface area contributed by atoms with Gasteiger partial charge in [-0.2, -0.15) is 0 Å². The van der Waals surface area contributed by atoms with E-state index >= 15 is 0 Å². The van der Waals surface area contributed by atoms with Crippen molar-refractivity contribution in [2.24, 2.45) is 0 Å². The second-order valence-corrected chi connectivity index (χ2v) is 3.39. The smallest absolute Gasteiger partial charge is 0.330 e. The summed E-state index contributed by atoms with van der Waals surface area (Å²) >= 11 is 0. The lowest BCUT2D eigenvalue weighted by Gasteiger charge is -2.14. The number of nitrogens with one attached hydrogen (secondary N) is 1. The number of carbonyl (C=O) groups excluding carboxylic acids is 2. The Bertz CT molecular complexity index is 463. The van der Waals surface area contributed by atoms with Gasteiger partial charge in [0.05, 0.1) is 19.3 Å². The molecule has 0 aliphatic carbocycles. The summed E-state index contributed by atoms with van der Waals surface area (Å²) in [5, 5.41) is 20.4. The first kappa shape index (κ1) is 13.9. The average Bonchev–Trinajstić information content (AvgIpc) is 2.37. The largest absolute Gasteiger partial charge is 0.507 e. The standard InChI is InChI=1S/C11H12FNO5/c1-18-11(17)8(5-14)13-10(16)7-4-6(12)2-3-9(7)15/h2-4,8,14-15H,5H2,1H3,(H,13,16). The number of rotatable bonds is 4. The number of aromatic hydroxyl groups is 1. The van der Waals surface area contributed by atoms with E-state index in [1.54, 1.807) is 0 Å². The molecule has 3 N–H and O–H groups in total. The number of halogens is 1. The summed E-state index contributed by atoms with van der Waals surface area (Å²) in [5.74, 6) is -2.88. The van der Waals surface area contributed by atoms with Gasteiger partial charge in [-0.05, 0) is 18.2 Å². The zero-order chi connectivity index (χ0) is 13.7. The van der Waals surface area contributed by atoms with Gasteiger partial charge in [0.15, 0.2) is 6.04 Å². The Balaban J connectivity index is 2.87. The highest BCUT2D eigenvalue weighted by Crippen LogP contribution is 2.17. The molecule has 0 heterocycles. The van der Waals surface area contributed by atoms with Gasteiger partial charge in [-0.1, -0.05) is 0 Å². The lowest BCUT2D eigenvalue weighted by atomic mass is 10.1. The lowest BCUT2D eigenvalue weighted by Crippen LogP contribution is -2.44. The van der Waals surface area contributed by atoms with Crippen LogP contribution in [0.2, 0.25) is 0 Å². The number of methoxy groups -OCH3 is 1. The molecule has 18 heavy (non-hydrogen) atoms. The molecule has 0 aromatic heterocycles. The molecule has 1 amide bonds. The highest BCUT2D eigenvalue weighted by molar-refractivity contribution is 5.99. The van der Waals surface area contributed by atoms with Gasteiger partial charge in [0.1, 0.15) is 11.6 Å². The van der Waals surface area contributed by atoms with Gasteiger partial charge >= 0.3 is 5.97 Å². The second-order valence-electron chi connectivity index (χ2n) is 3.39. The van der Waals surface area contributed by atoms with E-state index in [2.05, 4.69) is 10.1 Å². The minimum atomic E-state index is -1.27. The third kappa shape index (κ3) is 3.17. The Morgan fingerprint density at radius 2 is 2.17 bits per heavy atom. The molecular weight excluding hydrogens is 245 g/mol. The van der Waals surface area contributed by atoms with E-state index in [9.17, 15) is 19.1 Å². The molecule has 1 unspecified atom stereocenters. The predicted molar refractivity (Wildman–Crippen MR) is 58.4 cm³/mol. The van der Waals surface area contributed by atoms with Crippen molar-refractivity contribution < 1.29 is 28.9 Å². The molecule has 6 nitrogen and oxygen atoms in total. The number of phenols is 1. The molecule has 1 aromatic carbocycles. The Morgan fingerprint density at radius 1 is 1.50 bits per heavy atom. The fourth-order valence-electron chi connectivity index (χ4n) is 1.25. The summed E-state index contributed by atoms with van der Waals surface area (Å²) in [6.07, 6.45) is 0. The first-order chi connectivity index (χ1) is 8.49. The minimum Gasteiger partial charge on any atom is -0.507 e. The van der Waals surface area contributed by atoms with Crippen LogP contribution >= 0.6 is 0 Å². The summed E-state index contributed by atoms with van der Waals surface area (Å²) in [6, 6.07) is 1.54. The molecule has 7 heteroatoms.